The molecule has 0 bridgehead atoms. The van der Waals surface area contributed by atoms with Crippen LogP contribution in [0.25, 0.3) is 0 Å². The molecule has 1 saturated heterocycles. The molecule has 29 heavy (non-hydrogen) atoms. The Morgan fingerprint density at radius 1 is 0.759 bits per heavy atom. The number of carbonyl (C=O) groups excluding carboxylic acids is 1. The molecule has 0 amide bonds. The number of anilines is 1. The molecular weight excluding hydrogens is 362 g/mol. The van der Waals surface area contributed by atoms with Crippen LogP contribution in [0.4, 0.5) is 5.69 Å². The number of benzene rings is 3. The zero-order chi connectivity index (χ0) is 19.4. The average molecular weight is 383 g/mol. The van der Waals surface area contributed by atoms with Crippen molar-refractivity contribution in [3.63, 3.8) is 0 Å². The zero-order valence-corrected chi connectivity index (χ0v) is 16.1. The van der Waals surface area contributed by atoms with Gasteiger partial charge in [-0.25, -0.2) is 4.79 Å². The van der Waals surface area contributed by atoms with Gasteiger partial charge in [-0.15, -0.1) is 0 Å². The first-order valence-electron chi connectivity index (χ1n) is 10.3. The Morgan fingerprint density at radius 2 is 1.41 bits per heavy atom. The Balaban J connectivity index is 1.62. The number of ether oxygens (including phenoxy) is 2. The van der Waals surface area contributed by atoms with Gasteiger partial charge in [0.1, 0.15) is 11.5 Å². The molecule has 0 unspecified atom stereocenters. The van der Waals surface area contributed by atoms with Gasteiger partial charge in [-0.3, -0.25) is 0 Å². The summed E-state index contributed by atoms with van der Waals surface area (Å²) in [5.41, 5.74) is 3.49. The van der Waals surface area contributed by atoms with E-state index in [1.54, 1.807) is 0 Å². The number of hydrogen-bond acceptors (Lipinski definition) is 4. The van der Waals surface area contributed by atoms with Gasteiger partial charge in [0.15, 0.2) is 5.60 Å². The molecule has 4 nitrogen and oxygen atoms in total. The summed E-state index contributed by atoms with van der Waals surface area (Å²) < 4.78 is 12.4. The van der Waals surface area contributed by atoms with Crippen molar-refractivity contribution in [2.75, 3.05) is 18.0 Å². The molecule has 0 N–H and O–H groups in total. The molecule has 3 aliphatic rings. The van der Waals surface area contributed by atoms with Crippen LogP contribution >= 0.6 is 0 Å². The van der Waals surface area contributed by atoms with Crippen molar-refractivity contribution >= 4 is 11.7 Å². The fraction of sp³-hybridized carbons (Fsp3) is 0.240. The van der Waals surface area contributed by atoms with Crippen molar-refractivity contribution in [1.82, 2.24) is 0 Å². The third kappa shape index (κ3) is 2.29. The summed E-state index contributed by atoms with van der Waals surface area (Å²) in [7, 11) is 0. The second-order valence-electron chi connectivity index (χ2n) is 7.94. The van der Waals surface area contributed by atoms with E-state index in [0.717, 1.165) is 47.0 Å². The molecule has 0 aliphatic carbocycles. The Morgan fingerprint density at radius 3 is 2.10 bits per heavy atom. The number of nitrogens with zero attached hydrogens (tertiary/aromatic N) is 1. The molecule has 0 aromatic heterocycles. The predicted octanol–water partition coefficient (Wildman–Crippen LogP) is 5.24. The maximum absolute atomic E-state index is 13.0. The van der Waals surface area contributed by atoms with E-state index in [1.807, 2.05) is 54.6 Å². The summed E-state index contributed by atoms with van der Waals surface area (Å²) in [5.74, 6) is 1.18. The van der Waals surface area contributed by atoms with E-state index in [2.05, 4.69) is 17.0 Å². The van der Waals surface area contributed by atoms with Crippen molar-refractivity contribution in [2.45, 2.75) is 24.9 Å². The van der Waals surface area contributed by atoms with E-state index in [-0.39, 0.29) is 5.97 Å². The summed E-state index contributed by atoms with van der Waals surface area (Å²) in [4.78, 5) is 15.4. The van der Waals surface area contributed by atoms with Gasteiger partial charge in [0.25, 0.3) is 0 Å². The average Bonchev–Trinajstić information content (AvgIpc) is 3.07. The number of hydrogen-bond donors (Lipinski definition) is 0. The fourth-order valence-electron chi connectivity index (χ4n) is 4.96. The molecule has 1 spiro atoms. The lowest BCUT2D eigenvalue weighted by Gasteiger charge is -2.37. The van der Waals surface area contributed by atoms with Crippen molar-refractivity contribution in [2.24, 2.45) is 0 Å². The number of para-hydroxylation sites is 2. The number of carbonyl (C=O) groups is 1. The predicted molar refractivity (Wildman–Crippen MR) is 111 cm³/mol. The Kier molecular flexibility index (Phi) is 3.51. The molecule has 0 radical (unpaired) electrons. The van der Waals surface area contributed by atoms with E-state index >= 15 is 0 Å². The van der Waals surface area contributed by atoms with E-state index < -0.39 is 5.60 Å². The molecule has 4 heteroatoms. The standard InChI is InChI=1S/C25H21NO3/c27-24-18-13-12-17(26-14-6-1-7-15-26)16-21(18)25(29-24)19-8-2-4-10-22(19)28-23-11-5-3-9-20(23)25/h2-5,8-13,16H,1,6-7,14-15H2. The van der Waals surface area contributed by atoms with E-state index in [9.17, 15) is 4.79 Å². The lowest BCUT2D eigenvalue weighted by molar-refractivity contribution is 0.0224. The van der Waals surface area contributed by atoms with Crippen LogP contribution < -0.4 is 9.64 Å². The first-order valence-corrected chi connectivity index (χ1v) is 10.3. The molecule has 0 saturated carbocycles. The zero-order valence-electron chi connectivity index (χ0n) is 16.1. The summed E-state index contributed by atoms with van der Waals surface area (Å²) in [5, 5.41) is 0. The van der Waals surface area contributed by atoms with Crippen LogP contribution in [-0.2, 0) is 10.3 Å². The Bertz CT molecular complexity index is 1080. The third-order valence-corrected chi connectivity index (χ3v) is 6.32. The van der Waals surface area contributed by atoms with Gasteiger partial charge in [-0.05, 0) is 49.6 Å². The third-order valence-electron chi connectivity index (χ3n) is 6.32. The highest BCUT2D eigenvalue weighted by molar-refractivity contribution is 5.97. The summed E-state index contributed by atoms with van der Waals surface area (Å²) in [6.45, 7) is 2.10. The van der Waals surface area contributed by atoms with Crippen LogP contribution in [0.1, 0.15) is 46.3 Å². The van der Waals surface area contributed by atoms with Crippen LogP contribution in [0.15, 0.2) is 66.7 Å². The molecule has 1 fully saturated rings. The van der Waals surface area contributed by atoms with Gasteiger partial charge in [-0.2, -0.15) is 0 Å². The molecule has 3 heterocycles. The first kappa shape index (κ1) is 16.7. The number of fused-ring (bicyclic) bond motifs is 6. The summed E-state index contributed by atoms with van der Waals surface area (Å²) in [6, 6.07) is 21.9. The normalized spacial score (nSPS) is 18.5. The second-order valence-corrected chi connectivity index (χ2v) is 7.94. The summed E-state index contributed by atoms with van der Waals surface area (Å²) >= 11 is 0. The molecule has 6 rings (SSSR count). The van der Waals surface area contributed by atoms with Gasteiger partial charge in [0.05, 0.1) is 5.56 Å². The molecule has 0 atom stereocenters. The molecular formula is C25H21NO3. The minimum absolute atomic E-state index is 0.281. The SMILES string of the molecule is O=C1OC2(c3ccccc3Oc3ccccc32)c2cc(N3CCCCC3)ccc21. The van der Waals surface area contributed by atoms with Crippen LogP contribution in [0.2, 0.25) is 0 Å². The minimum atomic E-state index is -0.969. The molecule has 3 aromatic carbocycles. The number of rotatable bonds is 1. The van der Waals surface area contributed by atoms with Gasteiger partial charge >= 0.3 is 5.97 Å². The maximum atomic E-state index is 13.0. The smallest absolute Gasteiger partial charge is 0.340 e. The lowest BCUT2D eigenvalue weighted by Crippen LogP contribution is -2.33. The van der Waals surface area contributed by atoms with Crippen LogP contribution in [0, 0.1) is 0 Å². The minimum Gasteiger partial charge on any atom is -0.456 e. The largest absolute Gasteiger partial charge is 0.456 e. The van der Waals surface area contributed by atoms with Crippen LogP contribution in [0.3, 0.4) is 0 Å². The lowest BCUT2D eigenvalue weighted by atomic mass is 9.77. The molecule has 3 aliphatic heterocycles. The van der Waals surface area contributed by atoms with Crippen molar-refractivity contribution in [1.29, 1.82) is 0 Å². The number of esters is 1. The Hall–Kier alpha value is -3.27. The Labute approximate surface area is 169 Å². The second kappa shape index (κ2) is 6.11. The van der Waals surface area contributed by atoms with Gasteiger partial charge in [0.2, 0.25) is 0 Å². The van der Waals surface area contributed by atoms with Crippen molar-refractivity contribution < 1.29 is 14.3 Å². The van der Waals surface area contributed by atoms with E-state index in [4.69, 9.17) is 9.47 Å². The first-order chi connectivity index (χ1) is 14.3. The van der Waals surface area contributed by atoms with Gasteiger partial charge in [-0.1, -0.05) is 36.4 Å². The van der Waals surface area contributed by atoms with Crippen molar-refractivity contribution in [3.05, 3.63) is 89.0 Å². The van der Waals surface area contributed by atoms with Gasteiger partial charge in [0, 0.05) is 35.5 Å². The maximum Gasteiger partial charge on any atom is 0.340 e. The van der Waals surface area contributed by atoms with Gasteiger partial charge < -0.3 is 14.4 Å². The van der Waals surface area contributed by atoms with Crippen LogP contribution in [0.5, 0.6) is 11.5 Å². The van der Waals surface area contributed by atoms with E-state index in [1.165, 1.54) is 19.3 Å². The highest BCUT2D eigenvalue weighted by atomic mass is 16.6. The molecule has 3 aromatic rings. The topological polar surface area (TPSA) is 38.8 Å². The number of piperidine rings is 1. The van der Waals surface area contributed by atoms with E-state index in [0.29, 0.717) is 5.56 Å². The van der Waals surface area contributed by atoms with Crippen molar-refractivity contribution in [3.8, 4) is 11.5 Å². The quantitative estimate of drug-likeness (QED) is 0.539. The summed E-state index contributed by atoms with van der Waals surface area (Å²) in [6.07, 6.45) is 3.69. The van der Waals surface area contributed by atoms with Crippen LogP contribution in [-0.4, -0.2) is 19.1 Å². The highest BCUT2D eigenvalue weighted by Crippen LogP contribution is 2.56. The fourth-order valence-corrected chi connectivity index (χ4v) is 4.96. The highest BCUT2D eigenvalue weighted by Gasteiger charge is 2.53. The molecule has 144 valence electrons. The monoisotopic (exact) mass is 383 g/mol.